The second-order valence-electron chi connectivity index (χ2n) is 4.11. The number of hydrogen-bond donors (Lipinski definition) is 0. The molecule has 0 spiro atoms. The number of halogens is 5. The van der Waals surface area contributed by atoms with Crippen molar-refractivity contribution < 1.29 is 22.4 Å². The summed E-state index contributed by atoms with van der Waals surface area (Å²) >= 11 is 2.98. The molecule has 1 rings (SSSR count). The predicted octanol–water partition coefficient (Wildman–Crippen LogP) is 3.54. The third-order valence-corrected chi connectivity index (χ3v) is 3.10. The summed E-state index contributed by atoms with van der Waals surface area (Å²) in [6.45, 7) is -0.384. The third-order valence-electron chi connectivity index (χ3n) is 2.50. The van der Waals surface area contributed by atoms with Gasteiger partial charge in [-0.05, 0) is 33.6 Å². The highest BCUT2D eigenvalue weighted by atomic mass is 79.9. The first-order chi connectivity index (χ1) is 8.69. The Bertz CT molecular complexity index is 462. The van der Waals surface area contributed by atoms with Crippen molar-refractivity contribution in [3.05, 3.63) is 34.1 Å². The van der Waals surface area contributed by atoms with Gasteiger partial charge in [0.15, 0.2) is 0 Å². The van der Waals surface area contributed by atoms with Crippen molar-refractivity contribution in [2.45, 2.75) is 19.0 Å². The van der Waals surface area contributed by atoms with Gasteiger partial charge in [-0.1, -0.05) is 6.07 Å². The van der Waals surface area contributed by atoms with E-state index in [4.69, 9.17) is 0 Å². The number of amides is 1. The molecule has 0 unspecified atom stereocenters. The summed E-state index contributed by atoms with van der Waals surface area (Å²) in [5.74, 6) is -0.899. The van der Waals surface area contributed by atoms with Crippen LogP contribution >= 0.6 is 15.9 Å². The van der Waals surface area contributed by atoms with E-state index in [1.54, 1.807) is 0 Å². The average Bonchev–Trinajstić information content (AvgIpc) is 2.29. The lowest BCUT2D eigenvalue weighted by atomic mass is 10.1. The van der Waals surface area contributed by atoms with Crippen LogP contribution in [0.1, 0.15) is 12.0 Å². The molecule has 0 saturated heterocycles. The van der Waals surface area contributed by atoms with Crippen LogP contribution in [-0.2, 0) is 11.2 Å². The van der Waals surface area contributed by atoms with E-state index in [0.717, 1.165) is 4.90 Å². The first-order valence-corrected chi connectivity index (χ1v) is 6.23. The highest BCUT2D eigenvalue weighted by Crippen LogP contribution is 2.20. The summed E-state index contributed by atoms with van der Waals surface area (Å²) in [5, 5.41) is 0. The van der Waals surface area contributed by atoms with Gasteiger partial charge in [0.05, 0.1) is 17.3 Å². The summed E-state index contributed by atoms with van der Waals surface area (Å²) in [6, 6.07) is 4.06. The van der Waals surface area contributed by atoms with Crippen LogP contribution in [0.3, 0.4) is 0 Å². The van der Waals surface area contributed by atoms with Crippen LogP contribution in [0.15, 0.2) is 22.7 Å². The molecule has 1 amide bonds. The van der Waals surface area contributed by atoms with Crippen molar-refractivity contribution in [3.8, 4) is 0 Å². The van der Waals surface area contributed by atoms with Crippen LogP contribution in [0.25, 0.3) is 0 Å². The largest absolute Gasteiger partial charge is 0.390 e. The molecule has 0 heterocycles. The summed E-state index contributed by atoms with van der Waals surface area (Å²) < 4.78 is 49.3. The molecular weight excluding hydrogens is 330 g/mol. The van der Waals surface area contributed by atoms with Gasteiger partial charge in [0.1, 0.15) is 5.82 Å². The number of nitrogens with zero attached hydrogens (tertiary/aromatic N) is 1. The number of likely N-dealkylation sites (N-methyl/N-ethyl adjacent to an activating group) is 1. The second-order valence-corrected chi connectivity index (χ2v) is 4.96. The maximum atomic E-state index is 13.0. The Balaban J connectivity index is 2.56. The molecule has 106 valence electrons. The zero-order valence-electron chi connectivity index (χ0n) is 10.1. The van der Waals surface area contributed by atoms with E-state index in [0.29, 0.717) is 5.56 Å². The lowest BCUT2D eigenvalue weighted by molar-refractivity contribution is -0.143. The fourth-order valence-corrected chi connectivity index (χ4v) is 1.80. The minimum absolute atomic E-state index is 0.0623. The molecule has 1 aromatic carbocycles. The molecule has 1 aromatic rings. The van der Waals surface area contributed by atoms with Crippen molar-refractivity contribution in [2.24, 2.45) is 0 Å². The number of rotatable bonds is 4. The van der Waals surface area contributed by atoms with Crippen LogP contribution in [0, 0.1) is 5.82 Å². The Hall–Kier alpha value is -1.11. The molecule has 19 heavy (non-hydrogen) atoms. The molecule has 2 nitrogen and oxygen atoms in total. The number of alkyl halides is 3. The first-order valence-electron chi connectivity index (χ1n) is 5.43. The van der Waals surface area contributed by atoms with Crippen LogP contribution < -0.4 is 0 Å². The van der Waals surface area contributed by atoms with Gasteiger partial charge in [-0.3, -0.25) is 4.79 Å². The van der Waals surface area contributed by atoms with Crippen molar-refractivity contribution in [3.63, 3.8) is 0 Å². The smallest absolute Gasteiger partial charge is 0.345 e. The number of hydrogen-bond acceptors (Lipinski definition) is 1. The van der Waals surface area contributed by atoms with E-state index < -0.39 is 24.3 Å². The first kappa shape index (κ1) is 15.9. The number of carbonyl (C=O) groups is 1. The Kier molecular flexibility index (Phi) is 5.34. The molecule has 0 aliphatic rings. The molecule has 0 aromatic heterocycles. The molecular formula is C12H12BrF4NO. The SMILES string of the molecule is CN(CCC(F)(F)F)C(=O)Cc1ccc(F)c(Br)c1. The Morgan fingerprint density at radius 1 is 1.37 bits per heavy atom. The predicted molar refractivity (Wildman–Crippen MR) is 66.1 cm³/mol. The monoisotopic (exact) mass is 341 g/mol. The zero-order chi connectivity index (χ0) is 14.6. The molecule has 0 aliphatic heterocycles. The molecule has 0 atom stereocenters. The molecule has 0 bridgehead atoms. The van der Waals surface area contributed by atoms with Gasteiger partial charge < -0.3 is 4.90 Å². The van der Waals surface area contributed by atoms with Gasteiger partial charge in [-0.25, -0.2) is 4.39 Å². The summed E-state index contributed by atoms with van der Waals surface area (Å²) in [7, 11) is 1.31. The zero-order valence-corrected chi connectivity index (χ0v) is 11.7. The van der Waals surface area contributed by atoms with Crippen LogP contribution in [-0.4, -0.2) is 30.6 Å². The quantitative estimate of drug-likeness (QED) is 0.767. The average molecular weight is 342 g/mol. The van der Waals surface area contributed by atoms with Crippen molar-refractivity contribution in [1.29, 1.82) is 0 Å². The van der Waals surface area contributed by atoms with E-state index >= 15 is 0 Å². The molecule has 0 N–H and O–H groups in total. The van der Waals surface area contributed by atoms with E-state index in [-0.39, 0.29) is 17.4 Å². The number of carbonyl (C=O) groups excluding carboxylic acids is 1. The molecule has 0 fully saturated rings. The normalized spacial score (nSPS) is 11.5. The Labute approximate surface area is 116 Å². The minimum atomic E-state index is -4.28. The van der Waals surface area contributed by atoms with Gasteiger partial charge in [0.2, 0.25) is 5.91 Å². The van der Waals surface area contributed by atoms with Crippen LogP contribution in [0.4, 0.5) is 17.6 Å². The topological polar surface area (TPSA) is 20.3 Å². The fourth-order valence-electron chi connectivity index (χ4n) is 1.38. The summed E-state index contributed by atoms with van der Waals surface area (Å²) in [4.78, 5) is 12.7. The Morgan fingerprint density at radius 3 is 2.53 bits per heavy atom. The van der Waals surface area contributed by atoms with Crippen molar-refractivity contribution >= 4 is 21.8 Å². The minimum Gasteiger partial charge on any atom is -0.345 e. The maximum absolute atomic E-state index is 13.0. The van der Waals surface area contributed by atoms with E-state index in [9.17, 15) is 22.4 Å². The molecule has 0 radical (unpaired) electrons. The highest BCUT2D eigenvalue weighted by Gasteiger charge is 2.28. The van der Waals surface area contributed by atoms with Gasteiger partial charge in [0.25, 0.3) is 0 Å². The van der Waals surface area contributed by atoms with Gasteiger partial charge in [-0.2, -0.15) is 13.2 Å². The van der Waals surface area contributed by atoms with Gasteiger partial charge in [0, 0.05) is 13.6 Å². The van der Waals surface area contributed by atoms with Gasteiger partial charge >= 0.3 is 6.18 Å². The van der Waals surface area contributed by atoms with Gasteiger partial charge in [-0.15, -0.1) is 0 Å². The van der Waals surface area contributed by atoms with Crippen LogP contribution in [0.5, 0.6) is 0 Å². The summed E-state index contributed by atoms with van der Waals surface area (Å²) in [5.41, 5.74) is 0.539. The lowest BCUT2D eigenvalue weighted by Crippen LogP contribution is -2.31. The standard InChI is InChI=1S/C12H12BrF4NO/c1-18(5-4-12(15,16)17)11(19)7-8-2-3-10(14)9(13)6-8/h2-3,6H,4-5,7H2,1H3. The summed E-state index contributed by atoms with van der Waals surface area (Å²) in [6.07, 6.45) is -5.39. The van der Waals surface area contributed by atoms with E-state index in [2.05, 4.69) is 15.9 Å². The molecule has 0 saturated carbocycles. The molecule has 0 aliphatic carbocycles. The lowest BCUT2D eigenvalue weighted by Gasteiger charge is -2.18. The maximum Gasteiger partial charge on any atom is 0.390 e. The fraction of sp³-hybridized carbons (Fsp3) is 0.417. The van der Waals surface area contributed by atoms with Crippen molar-refractivity contribution in [2.75, 3.05) is 13.6 Å². The van der Waals surface area contributed by atoms with E-state index in [1.807, 2.05) is 0 Å². The highest BCUT2D eigenvalue weighted by molar-refractivity contribution is 9.10. The van der Waals surface area contributed by atoms with Crippen LogP contribution in [0.2, 0.25) is 0 Å². The molecule has 7 heteroatoms. The van der Waals surface area contributed by atoms with E-state index in [1.165, 1.54) is 25.2 Å². The Morgan fingerprint density at radius 2 is 2.00 bits per heavy atom. The second kappa shape index (κ2) is 6.36. The third kappa shape index (κ3) is 5.59. The van der Waals surface area contributed by atoms with Crippen molar-refractivity contribution in [1.82, 2.24) is 4.90 Å². The number of benzene rings is 1.